The Labute approximate surface area is 158 Å². The number of hydrogen-bond donors (Lipinski definition) is 3. The summed E-state index contributed by atoms with van der Waals surface area (Å²) >= 11 is 0. The van der Waals surface area contributed by atoms with E-state index in [-0.39, 0.29) is 22.7 Å². The second-order valence-corrected chi connectivity index (χ2v) is 5.98. The van der Waals surface area contributed by atoms with Crippen molar-refractivity contribution in [2.45, 2.75) is 13.0 Å². The molecule has 0 saturated heterocycles. The molecule has 0 radical (unpaired) electrons. The highest BCUT2D eigenvalue weighted by atomic mass is 16.5. The maximum atomic E-state index is 12.6. The fourth-order valence-electron chi connectivity index (χ4n) is 2.63. The number of fused-ring (bicyclic) bond motifs is 1. The summed E-state index contributed by atoms with van der Waals surface area (Å²) in [6.45, 7) is 1.74. The maximum Gasteiger partial charge on any atom is 0.354 e. The number of hydrogen-bond acceptors (Lipinski definition) is 7. The van der Waals surface area contributed by atoms with E-state index in [2.05, 4.69) is 20.1 Å². The highest BCUT2D eigenvalue weighted by Gasteiger charge is 2.20. The van der Waals surface area contributed by atoms with Gasteiger partial charge in [0.15, 0.2) is 11.3 Å². The van der Waals surface area contributed by atoms with E-state index in [4.69, 9.17) is 5.73 Å². The zero-order chi connectivity index (χ0) is 20.4. The van der Waals surface area contributed by atoms with Crippen LogP contribution in [0.25, 0.3) is 5.65 Å². The number of aromatic carboxylic acids is 1. The van der Waals surface area contributed by atoms with Gasteiger partial charge in [0.25, 0.3) is 5.91 Å². The molecule has 144 valence electrons. The first kappa shape index (κ1) is 18.8. The molecule has 2 heterocycles. The smallest absolute Gasteiger partial charge is 0.354 e. The molecule has 0 spiro atoms. The van der Waals surface area contributed by atoms with Crippen LogP contribution in [0.4, 0.5) is 5.69 Å². The number of carbonyl (C=O) groups is 3. The normalized spacial score (nSPS) is 11.8. The van der Waals surface area contributed by atoms with Crippen molar-refractivity contribution >= 4 is 29.2 Å². The molecule has 4 N–H and O–H groups in total. The number of nitrogen functional groups attached to an aromatic ring is 1. The standard InChI is InChI=1S/C18H17N5O5/c1-9(10-3-5-11(6-4-10)18(27)28-2)21-16(24)13-7-14(17(25)26)23-15(22-13)12(19)8-20-23/h3-9H,19H2,1-2H3,(H,21,24)(H,25,26)/t9-/m1/s1. The molecule has 0 fully saturated rings. The van der Waals surface area contributed by atoms with Gasteiger partial charge in [0.2, 0.25) is 0 Å². The number of methoxy groups -OCH3 is 1. The number of nitrogens with one attached hydrogen (secondary N) is 1. The van der Waals surface area contributed by atoms with Crippen molar-refractivity contribution in [2.24, 2.45) is 0 Å². The van der Waals surface area contributed by atoms with Gasteiger partial charge in [-0.2, -0.15) is 5.10 Å². The van der Waals surface area contributed by atoms with Crippen LogP contribution in [0.1, 0.15) is 49.9 Å². The third-order valence-corrected chi connectivity index (χ3v) is 4.13. The van der Waals surface area contributed by atoms with E-state index >= 15 is 0 Å². The van der Waals surface area contributed by atoms with Gasteiger partial charge in [-0.15, -0.1) is 0 Å². The molecular formula is C18H17N5O5. The predicted octanol–water partition coefficient (Wildman–Crippen LogP) is 1.29. The van der Waals surface area contributed by atoms with Crippen molar-refractivity contribution in [3.8, 4) is 0 Å². The van der Waals surface area contributed by atoms with E-state index in [0.717, 1.165) is 16.1 Å². The molecule has 2 aromatic heterocycles. The number of nitrogens with zero attached hydrogens (tertiary/aromatic N) is 3. The van der Waals surface area contributed by atoms with Crippen LogP contribution in [0.5, 0.6) is 0 Å². The van der Waals surface area contributed by atoms with E-state index < -0.39 is 23.9 Å². The van der Waals surface area contributed by atoms with Crippen LogP contribution in [-0.4, -0.2) is 44.7 Å². The lowest BCUT2D eigenvalue weighted by molar-refractivity contribution is 0.0599. The molecule has 1 amide bonds. The van der Waals surface area contributed by atoms with E-state index in [0.29, 0.717) is 5.56 Å². The molecule has 1 atom stereocenters. The Morgan fingerprint density at radius 2 is 1.93 bits per heavy atom. The number of carbonyl (C=O) groups excluding carboxylic acids is 2. The monoisotopic (exact) mass is 383 g/mol. The van der Waals surface area contributed by atoms with Crippen molar-refractivity contribution in [3.63, 3.8) is 0 Å². The van der Waals surface area contributed by atoms with E-state index in [1.807, 2.05) is 0 Å². The fraction of sp³-hybridized carbons (Fsp3) is 0.167. The quantitative estimate of drug-likeness (QED) is 0.558. The van der Waals surface area contributed by atoms with Gasteiger partial charge in [0.1, 0.15) is 5.69 Å². The first-order chi connectivity index (χ1) is 13.3. The summed E-state index contributed by atoms with van der Waals surface area (Å²) < 4.78 is 5.70. The lowest BCUT2D eigenvalue weighted by Crippen LogP contribution is -2.28. The van der Waals surface area contributed by atoms with E-state index in [1.54, 1.807) is 31.2 Å². The van der Waals surface area contributed by atoms with Gasteiger partial charge in [0, 0.05) is 6.07 Å². The van der Waals surface area contributed by atoms with Crippen LogP contribution in [0.3, 0.4) is 0 Å². The third kappa shape index (κ3) is 3.47. The molecule has 1 aromatic carbocycles. The molecule has 10 nitrogen and oxygen atoms in total. The molecule has 3 rings (SSSR count). The summed E-state index contributed by atoms with van der Waals surface area (Å²) in [6.07, 6.45) is 1.27. The number of rotatable bonds is 5. The summed E-state index contributed by atoms with van der Waals surface area (Å²) in [5, 5.41) is 15.9. The minimum absolute atomic E-state index is 0.0835. The van der Waals surface area contributed by atoms with Gasteiger partial charge in [-0.1, -0.05) is 12.1 Å². The van der Waals surface area contributed by atoms with Crippen molar-refractivity contribution in [1.29, 1.82) is 0 Å². The molecule has 0 saturated carbocycles. The highest BCUT2D eigenvalue weighted by Crippen LogP contribution is 2.17. The zero-order valence-corrected chi connectivity index (χ0v) is 15.0. The lowest BCUT2D eigenvalue weighted by atomic mass is 10.1. The Morgan fingerprint density at radius 3 is 2.54 bits per heavy atom. The van der Waals surface area contributed by atoms with Crippen LogP contribution in [0, 0.1) is 0 Å². The Kier molecular flexibility index (Phi) is 4.94. The molecule has 0 aliphatic heterocycles. The summed E-state index contributed by atoms with van der Waals surface area (Å²) in [7, 11) is 1.29. The van der Waals surface area contributed by atoms with Gasteiger partial charge in [-0.3, -0.25) is 4.79 Å². The van der Waals surface area contributed by atoms with Crippen molar-refractivity contribution in [1.82, 2.24) is 19.9 Å². The second kappa shape index (κ2) is 7.35. The molecular weight excluding hydrogens is 366 g/mol. The molecule has 0 unspecified atom stereocenters. The number of nitrogens with two attached hydrogens (primary N) is 1. The van der Waals surface area contributed by atoms with Crippen LogP contribution in [0.15, 0.2) is 36.5 Å². The van der Waals surface area contributed by atoms with Gasteiger partial charge < -0.3 is 20.9 Å². The van der Waals surface area contributed by atoms with E-state index in [1.165, 1.54) is 13.3 Å². The summed E-state index contributed by atoms with van der Waals surface area (Å²) in [4.78, 5) is 39.6. The molecule has 0 aliphatic rings. The number of anilines is 1. The van der Waals surface area contributed by atoms with Gasteiger partial charge in [0.05, 0.1) is 30.6 Å². The number of ether oxygens (including phenoxy) is 1. The fourth-order valence-corrected chi connectivity index (χ4v) is 2.63. The average Bonchev–Trinajstić information content (AvgIpc) is 3.07. The maximum absolute atomic E-state index is 12.6. The number of amides is 1. The summed E-state index contributed by atoms with van der Waals surface area (Å²) in [5.74, 6) is -2.30. The largest absolute Gasteiger partial charge is 0.477 e. The number of benzene rings is 1. The predicted molar refractivity (Wildman–Crippen MR) is 98.0 cm³/mol. The van der Waals surface area contributed by atoms with Crippen LogP contribution < -0.4 is 11.1 Å². The average molecular weight is 383 g/mol. The van der Waals surface area contributed by atoms with Crippen LogP contribution in [-0.2, 0) is 4.74 Å². The van der Waals surface area contributed by atoms with Gasteiger partial charge in [-0.25, -0.2) is 19.1 Å². The second-order valence-electron chi connectivity index (χ2n) is 5.98. The van der Waals surface area contributed by atoms with Gasteiger partial charge in [-0.05, 0) is 24.6 Å². The zero-order valence-electron chi connectivity index (χ0n) is 15.0. The molecule has 10 heteroatoms. The highest BCUT2D eigenvalue weighted by molar-refractivity contribution is 5.96. The molecule has 0 aliphatic carbocycles. The minimum atomic E-state index is -1.27. The molecule has 0 bridgehead atoms. The summed E-state index contributed by atoms with van der Waals surface area (Å²) in [5.41, 5.74) is 6.78. The first-order valence-electron chi connectivity index (χ1n) is 8.18. The Balaban J connectivity index is 1.85. The first-order valence-corrected chi connectivity index (χ1v) is 8.18. The van der Waals surface area contributed by atoms with E-state index in [9.17, 15) is 19.5 Å². The topological polar surface area (TPSA) is 149 Å². The number of esters is 1. The van der Waals surface area contributed by atoms with Crippen LogP contribution >= 0.6 is 0 Å². The number of carboxylic acid groups (broad SMARTS) is 1. The Morgan fingerprint density at radius 1 is 1.25 bits per heavy atom. The van der Waals surface area contributed by atoms with Crippen molar-refractivity contribution < 1.29 is 24.2 Å². The van der Waals surface area contributed by atoms with Crippen molar-refractivity contribution in [3.05, 3.63) is 59.0 Å². The van der Waals surface area contributed by atoms with Crippen molar-refractivity contribution in [2.75, 3.05) is 12.8 Å². The number of carboxylic acids is 1. The SMILES string of the molecule is COC(=O)c1ccc([C@@H](C)NC(=O)c2cc(C(=O)O)n3ncc(N)c3n2)cc1. The van der Waals surface area contributed by atoms with Gasteiger partial charge >= 0.3 is 11.9 Å². The Hall–Kier alpha value is -3.95. The Bertz CT molecular complexity index is 1070. The summed E-state index contributed by atoms with van der Waals surface area (Å²) in [6, 6.07) is 7.25. The number of aromatic nitrogens is 3. The lowest BCUT2D eigenvalue weighted by Gasteiger charge is -2.15. The van der Waals surface area contributed by atoms with Crippen LogP contribution in [0.2, 0.25) is 0 Å². The molecule has 3 aromatic rings. The minimum Gasteiger partial charge on any atom is -0.477 e. The molecule has 28 heavy (non-hydrogen) atoms. The third-order valence-electron chi connectivity index (χ3n) is 4.13.